The molecule has 4 nitrogen and oxygen atoms in total. The lowest BCUT2D eigenvalue weighted by atomic mass is 10.2. The molecule has 0 unspecified atom stereocenters. The zero-order valence-corrected chi connectivity index (χ0v) is 9.91. The number of esters is 1. The Balaban J connectivity index is 2.11. The van der Waals surface area contributed by atoms with Crippen LogP contribution >= 0.6 is 0 Å². The number of para-hydroxylation sites is 1. The van der Waals surface area contributed by atoms with Gasteiger partial charge in [-0.3, -0.25) is 0 Å². The Morgan fingerprint density at radius 2 is 1.63 bits per heavy atom. The summed E-state index contributed by atoms with van der Waals surface area (Å²) in [5, 5.41) is 23.1. The predicted molar refractivity (Wildman–Crippen MR) is 65.7 cm³/mol. The van der Waals surface area contributed by atoms with Crippen LogP contribution in [0.5, 0.6) is 5.75 Å². The Morgan fingerprint density at radius 1 is 1.00 bits per heavy atom. The van der Waals surface area contributed by atoms with E-state index in [1.807, 2.05) is 0 Å². The molecule has 0 N–H and O–H groups in total. The number of hydrogen-bond acceptors (Lipinski definition) is 4. The molecule has 0 spiro atoms. The van der Waals surface area contributed by atoms with Crippen molar-refractivity contribution in [2.24, 2.45) is 0 Å². The third-order valence-corrected chi connectivity index (χ3v) is 2.44. The van der Waals surface area contributed by atoms with Crippen LogP contribution in [0.3, 0.4) is 0 Å². The third kappa shape index (κ3) is 3.13. The summed E-state index contributed by atoms with van der Waals surface area (Å²) in [5.74, 6) is -1.67. The van der Waals surface area contributed by atoms with E-state index in [-0.39, 0.29) is 5.56 Å². The highest BCUT2D eigenvalue weighted by atomic mass is 16.5. The molecule has 0 bridgehead atoms. The number of benzene rings is 2. The van der Waals surface area contributed by atoms with Gasteiger partial charge >= 0.3 is 5.97 Å². The Morgan fingerprint density at radius 3 is 2.32 bits per heavy atom. The molecule has 0 radical (unpaired) electrons. The van der Waals surface area contributed by atoms with Crippen LogP contribution in [0, 0.1) is 0 Å². The molecule has 0 saturated carbocycles. The molecule has 0 amide bonds. The van der Waals surface area contributed by atoms with Crippen LogP contribution in [-0.2, 0) is 4.74 Å². The summed E-state index contributed by atoms with van der Waals surface area (Å²) < 4.78 is 4.75. The topological polar surface area (TPSA) is 72.4 Å². The van der Waals surface area contributed by atoms with Gasteiger partial charge in [-0.25, -0.2) is 4.79 Å². The summed E-state index contributed by atoms with van der Waals surface area (Å²) in [7, 11) is 0. The Bertz CT molecular complexity index is 603. The summed E-state index contributed by atoms with van der Waals surface area (Å²) in [6.45, 7) is 0. The van der Waals surface area contributed by atoms with Crippen molar-refractivity contribution < 1.29 is 19.7 Å². The van der Waals surface area contributed by atoms with E-state index in [0.717, 1.165) is 6.26 Å². The summed E-state index contributed by atoms with van der Waals surface area (Å²) in [5.41, 5.74) is 0.310. The second-order valence-electron chi connectivity index (χ2n) is 3.75. The average molecular weight is 254 g/mol. The second kappa shape index (κ2) is 5.73. The first-order valence-corrected chi connectivity index (χ1v) is 5.58. The molecule has 0 aliphatic heterocycles. The fourth-order valence-corrected chi connectivity index (χ4v) is 1.48. The molecule has 0 atom stereocenters. The van der Waals surface area contributed by atoms with Crippen LogP contribution in [0.15, 0.2) is 60.9 Å². The maximum absolute atomic E-state index is 11.7. The van der Waals surface area contributed by atoms with E-state index < -0.39 is 17.5 Å². The molecule has 0 heterocycles. The summed E-state index contributed by atoms with van der Waals surface area (Å²) in [4.78, 5) is 11.6. The van der Waals surface area contributed by atoms with Crippen LogP contribution in [-0.4, -0.2) is 5.97 Å². The highest BCUT2D eigenvalue weighted by Crippen LogP contribution is 2.18. The lowest BCUT2D eigenvalue weighted by Gasteiger charge is -2.18. The Labute approximate surface area is 110 Å². The SMILES string of the molecule is O=C(O/C=C(\[O-])c1ccccc1[O-])c1ccccc1. The van der Waals surface area contributed by atoms with Crippen LogP contribution in [0.2, 0.25) is 0 Å². The third-order valence-electron chi connectivity index (χ3n) is 2.44. The van der Waals surface area contributed by atoms with E-state index in [4.69, 9.17) is 4.74 Å². The van der Waals surface area contributed by atoms with Crippen molar-refractivity contribution in [2.75, 3.05) is 0 Å². The molecule has 0 saturated heterocycles. The van der Waals surface area contributed by atoms with Gasteiger partial charge in [0.05, 0.1) is 11.8 Å². The monoisotopic (exact) mass is 254 g/mol. The van der Waals surface area contributed by atoms with Gasteiger partial charge in [-0.15, -0.1) is 5.75 Å². The largest absolute Gasteiger partial charge is 0.872 e. The Hall–Kier alpha value is -2.75. The summed E-state index contributed by atoms with van der Waals surface area (Å²) in [6, 6.07) is 14.1. The van der Waals surface area contributed by atoms with Crippen molar-refractivity contribution in [2.45, 2.75) is 0 Å². The molecule has 0 aliphatic carbocycles. The lowest BCUT2D eigenvalue weighted by Crippen LogP contribution is -2.08. The zero-order chi connectivity index (χ0) is 13.7. The Kier molecular flexibility index (Phi) is 3.83. The van der Waals surface area contributed by atoms with E-state index in [1.54, 1.807) is 36.4 Å². The standard InChI is InChI=1S/C15H12O4/c16-13-9-5-4-8-12(13)14(17)10-19-15(18)11-6-2-1-3-7-11/h1-10,16-17H/p-2/b14-10-. The van der Waals surface area contributed by atoms with Crippen molar-refractivity contribution >= 4 is 11.7 Å². The second-order valence-corrected chi connectivity index (χ2v) is 3.75. The molecule has 4 heteroatoms. The van der Waals surface area contributed by atoms with Gasteiger partial charge in [-0.1, -0.05) is 48.2 Å². The normalized spacial score (nSPS) is 11.1. The summed E-state index contributed by atoms with van der Waals surface area (Å²) >= 11 is 0. The van der Waals surface area contributed by atoms with Gasteiger partial charge in [0.15, 0.2) is 0 Å². The molecule has 0 aliphatic rings. The molecule has 96 valence electrons. The van der Waals surface area contributed by atoms with Gasteiger partial charge in [0, 0.05) is 0 Å². The van der Waals surface area contributed by atoms with Crippen LogP contribution < -0.4 is 10.2 Å². The summed E-state index contributed by atoms with van der Waals surface area (Å²) in [6.07, 6.45) is 0.756. The van der Waals surface area contributed by atoms with E-state index in [1.165, 1.54) is 18.2 Å². The van der Waals surface area contributed by atoms with Crippen molar-refractivity contribution in [3.05, 3.63) is 72.0 Å². The van der Waals surface area contributed by atoms with Gasteiger partial charge in [-0.05, 0) is 17.7 Å². The van der Waals surface area contributed by atoms with Crippen molar-refractivity contribution in [1.82, 2.24) is 0 Å². The van der Waals surface area contributed by atoms with Crippen molar-refractivity contribution in [1.29, 1.82) is 0 Å². The maximum atomic E-state index is 11.7. The maximum Gasteiger partial charge on any atom is 0.342 e. The van der Waals surface area contributed by atoms with Gasteiger partial charge in [0.2, 0.25) is 0 Å². The fraction of sp³-hybridized carbons (Fsp3) is 0. The minimum absolute atomic E-state index is 0.0247. The molecule has 2 aromatic carbocycles. The number of hydrogen-bond donors (Lipinski definition) is 0. The van der Waals surface area contributed by atoms with Gasteiger partial charge < -0.3 is 14.9 Å². The minimum Gasteiger partial charge on any atom is -0.872 e. The molecular weight excluding hydrogens is 244 g/mol. The highest BCUT2D eigenvalue weighted by Gasteiger charge is 2.03. The quantitative estimate of drug-likeness (QED) is 0.611. The first-order chi connectivity index (χ1) is 9.18. The van der Waals surface area contributed by atoms with Crippen LogP contribution in [0.1, 0.15) is 15.9 Å². The van der Waals surface area contributed by atoms with Gasteiger partial charge in [0.25, 0.3) is 0 Å². The lowest BCUT2D eigenvalue weighted by molar-refractivity contribution is -0.274. The molecule has 2 rings (SSSR count). The van der Waals surface area contributed by atoms with Crippen molar-refractivity contribution in [3.8, 4) is 5.75 Å². The molecule has 19 heavy (non-hydrogen) atoms. The fourth-order valence-electron chi connectivity index (χ4n) is 1.48. The van der Waals surface area contributed by atoms with E-state index in [0.29, 0.717) is 5.56 Å². The number of carbonyl (C=O) groups excluding carboxylic acids is 1. The molecular formula is C15H10O4-2. The smallest absolute Gasteiger partial charge is 0.342 e. The van der Waals surface area contributed by atoms with Crippen molar-refractivity contribution in [3.63, 3.8) is 0 Å². The first-order valence-electron chi connectivity index (χ1n) is 5.58. The molecule has 2 aromatic rings. The van der Waals surface area contributed by atoms with E-state index >= 15 is 0 Å². The highest BCUT2D eigenvalue weighted by molar-refractivity contribution is 5.90. The first kappa shape index (κ1) is 12.7. The number of carbonyl (C=O) groups is 1. The predicted octanol–water partition coefficient (Wildman–Crippen LogP) is 1.28. The van der Waals surface area contributed by atoms with Crippen LogP contribution in [0.25, 0.3) is 5.76 Å². The van der Waals surface area contributed by atoms with E-state index in [2.05, 4.69) is 0 Å². The molecule has 0 fully saturated rings. The minimum atomic E-state index is -0.641. The zero-order valence-electron chi connectivity index (χ0n) is 9.91. The molecule has 0 aromatic heterocycles. The van der Waals surface area contributed by atoms with Crippen LogP contribution in [0.4, 0.5) is 0 Å². The van der Waals surface area contributed by atoms with Gasteiger partial charge in [-0.2, -0.15) is 0 Å². The average Bonchev–Trinajstić information content (AvgIpc) is 2.46. The van der Waals surface area contributed by atoms with E-state index in [9.17, 15) is 15.0 Å². The van der Waals surface area contributed by atoms with Gasteiger partial charge in [0.1, 0.15) is 0 Å². The number of rotatable bonds is 3. The number of ether oxygens (including phenoxy) is 1.